The molecule has 2 aromatic rings. The number of anilines is 1. The highest BCUT2D eigenvalue weighted by Crippen LogP contribution is 2.22. The van der Waals surface area contributed by atoms with Gasteiger partial charge < -0.3 is 5.32 Å². The first kappa shape index (κ1) is 13.5. The zero-order valence-corrected chi connectivity index (χ0v) is 12.5. The van der Waals surface area contributed by atoms with E-state index >= 15 is 0 Å². The van der Waals surface area contributed by atoms with E-state index in [0.717, 1.165) is 23.2 Å². The van der Waals surface area contributed by atoms with Crippen molar-refractivity contribution in [3.63, 3.8) is 0 Å². The number of halogens is 1. The summed E-state index contributed by atoms with van der Waals surface area (Å²) in [5.41, 5.74) is 1.20. The van der Waals surface area contributed by atoms with Crippen LogP contribution in [0.4, 0.5) is 5.69 Å². The van der Waals surface area contributed by atoms with Gasteiger partial charge in [-0.15, -0.1) is 11.8 Å². The molecule has 0 radical (unpaired) electrons. The SMILES string of the molecule is Brc1cccc(SCCCNc2ccccc2)c1. The zero-order chi connectivity index (χ0) is 12.6. The normalized spacial score (nSPS) is 10.3. The first-order valence-corrected chi connectivity index (χ1v) is 7.80. The van der Waals surface area contributed by atoms with Gasteiger partial charge in [-0.05, 0) is 42.5 Å². The van der Waals surface area contributed by atoms with Gasteiger partial charge in [0.25, 0.3) is 0 Å². The Morgan fingerprint density at radius 2 is 1.83 bits per heavy atom. The molecule has 0 aromatic heterocycles. The van der Waals surface area contributed by atoms with Crippen molar-refractivity contribution in [3.8, 4) is 0 Å². The third-order valence-corrected chi connectivity index (χ3v) is 4.06. The van der Waals surface area contributed by atoms with Crippen molar-refractivity contribution in [2.24, 2.45) is 0 Å². The fourth-order valence-electron chi connectivity index (χ4n) is 1.61. The van der Waals surface area contributed by atoms with E-state index in [1.807, 2.05) is 17.8 Å². The van der Waals surface area contributed by atoms with Gasteiger partial charge in [0.05, 0.1) is 0 Å². The molecule has 0 spiro atoms. The van der Waals surface area contributed by atoms with E-state index < -0.39 is 0 Å². The van der Waals surface area contributed by atoms with Crippen LogP contribution in [0.15, 0.2) is 64.0 Å². The number of para-hydroxylation sites is 1. The van der Waals surface area contributed by atoms with Crippen LogP contribution in [0.3, 0.4) is 0 Å². The number of benzene rings is 2. The Balaban J connectivity index is 1.65. The van der Waals surface area contributed by atoms with Crippen LogP contribution in [0.25, 0.3) is 0 Å². The third kappa shape index (κ3) is 4.75. The minimum Gasteiger partial charge on any atom is -0.385 e. The molecular formula is C15H16BrNS. The van der Waals surface area contributed by atoms with Crippen molar-refractivity contribution >= 4 is 33.4 Å². The lowest BCUT2D eigenvalue weighted by Gasteiger charge is -2.06. The van der Waals surface area contributed by atoms with Crippen LogP contribution in [0.2, 0.25) is 0 Å². The van der Waals surface area contributed by atoms with Crippen LogP contribution in [-0.4, -0.2) is 12.3 Å². The van der Waals surface area contributed by atoms with Crippen LogP contribution in [0, 0.1) is 0 Å². The molecule has 2 aromatic carbocycles. The van der Waals surface area contributed by atoms with Crippen molar-refractivity contribution in [3.05, 3.63) is 59.1 Å². The second-order valence-electron chi connectivity index (χ2n) is 3.95. The third-order valence-electron chi connectivity index (χ3n) is 2.49. The summed E-state index contributed by atoms with van der Waals surface area (Å²) in [4.78, 5) is 1.32. The quantitative estimate of drug-likeness (QED) is 0.590. The van der Waals surface area contributed by atoms with E-state index in [1.54, 1.807) is 0 Å². The van der Waals surface area contributed by atoms with E-state index in [9.17, 15) is 0 Å². The molecule has 0 heterocycles. The summed E-state index contributed by atoms with van der Waals surface area (Å²) in [5.74, 6) is 1.14. The summed E-state index contributed by atoms with van der Waals surface area (Å²) in [6, 6.07) is 18.8. The summed E-state index contributed by atoms with van der Waals surface area (Å²) < 4.78 is 1.15. The molecule has 0 bridgehead atoms. The molecule has 0 aliphatic carbocycles. The monoisotopic (exact) mass is 321 g/mol. The molecular weight excluding hydrogens is 306 g/mol. The Morgan fingerprint density at radius 3 is 2.61 bits per heavy atom. The lowest BCUT2D eigenvalue weighted by Crippen LogP contribution is -2.02. The highest BCUT2D eigenvalue weighted by Gasteiger charge is 1.95. The van der Waals surface area contributed by atoms with Crippen LogP contribution in [0.5, 0.6) is 0 Å². The van der Waals surface area contributed by atoms with Crippen molar-refractivity contribution < 1.29 is 0 Å². The van der Waals surface area contributed by atoms with Gasteiger partial charge in [0.1, 0.15) is 0 Å². The molecule has 0 aliphatic rings. The molecule has 0 atom stereocenters. The molecule has 1 N–H and O–H groups in total. The standard InChI is InChI=1S/C15H16BrNS/c16-13-6-4-9-15(12-13)18-11-5-10-17-14-7-2-1-3-8-14/h1-4,6-9,12,17H,5,10-11H2. The molecule has 94 valence electrons. The summed E-state index contributed by atoms with van der Waals surface area (Å²) in [6.45, 7) is 1.02. The maximum absolute atomic E-state index is 3.49. The summed E-state index contributed by atoms with van der Waals surface area (Å²) >= 11 is 5.39. The number of hydrogen-bond donors (Lipinski definition) is 1. The molecule has 3 heteroatoms. The Hall–Kier alpha value is -0.930. The molecule has 0 aliphatic heterocycles. The van der Waals surface area contributed by atoms with Crippen LogP contribution >= 0.6 is 27.7 Å². The van der Waals surface area contributed by atoms with E-state index in [0.29, 0.717) is 0 Å². The lowest BCUT2D eigenvalue weighted by atomic mass is 10.3. The van der Waals surface area contributed by atoms with E-state index in [2.05, 4.69) is 69.8 Å². The average molecular weight is 322 g/mol. The van der Waals surface area contributed by atoms with Crippen molar-refractivity contribution in [1.29, 1.82) is 0 Å². The number of thioether (sulfide) groups is 1. The minimum atomic E-state index is 1.02. The van der Waals surface area contributed by atoms with Gasteiger partial charge in [-0.2, -0.15) is 0 Å². The topological polar surface area (TPSA) is 12.0 Å². The van der Waals surface area contributed by atoms with Crippen molar-refractivity contribution in [1.82, 2.24) is 0 Å². The van der Waals surface area contributed by atoms with Crippen LogP contribution in [-0.2, 0) is 0 Å². The molecule has 1 nitrogen and oxygen atoms in total. The average Bonchev–Trinajstić information content (AvgIpc) is 2.40. The predicted molar refractivity (Wildman–Crippen MR) is 84.4 cm³/mol. The Bertz CT molecular complexity index is 473. The Morgan fingerprint density at radius 1 is 1.00 bits per heavy atom. The van der Waals surface area contributed by atoms with Gasteiger partial charge in [-0.3, -0.25) is 0 Å². The molecule has 0 saturated carbocycles. The molecule has 0 saturated heterocycles. The van der Waals surface area contributed by atoms with E-state index in [-0.39, 0.29) is 0 Å². The summed E-state index contributed by atoms with van der Waals surface area (Å²) in [7, 11) is 0. The lowest BCUT2D eigenvalue weighted by molar-refractivity contribution is 0.991. The fraction of sp³-hybridized carbons (Fsp3) is 0.200. The van der Waals surface area contributed by atoms with Gasteiger partial charge in [0, 0.05) is 21.6 Å². The summed E-state index contributed by atoms with van der Waals surface area (Å²) in [6.07, 6.45) is 1.16. The highest BCUT2D eigenvalue weighted by atomic mass is 79.9. The van der Waals surface area contributed by atoms with Gasteiger partial charge in [0.15, 0.2) is 0 Å². The van der Waals surface area contributed by atoms with Gasteiger partial charge >= 0.3 is 0 Å². The predicted octanol–water partition coefficient (Wildman–Crippen LogP) is 5.04. The first-order chi connectivity index (χ1) is 8.84. The number of nitrogens with one attached hydrogen (secondary N) is 1. The minimum absolute atomic E-state index is 1.02. The maximum Gasteiger partial charge on any atom is 0.0340 e. The number of rotatable bonds is 6. The van der Waals surface area contributed by atoms with E-state index in [1.165, 1.54) is 10.6 Å². The Labute approximate surface area is 121 Å². The molecule has 0 amide bonds. The van der Waals surface area contributed by atoms with Crippen LogP contribution in [0.1, 0.15) is 6.42 Å². The van der Waals surface area contributed by atoms with Gasteiger partial charge in [-0.25, -0.2) is 0 Å². The molecule has 2 rings (SSSR count). The zero-order valence-electron chi connectivity index (χ0n) is 10.1. The van der Waals surface area contributed by atoms with Gasteiger partial charge in [0.2, 0.25) is 0 Å². The second kappa shape index (κ2) is 7.49. The van der Waals surface area contributed by atoms with Gasteiger partial charge in [-0.1, -0.05) is 40.2 Å². The van der Waals surface area contributed by atoms with Crippen LogP contribution < -0.4 is 5.32 Å². The first-order valence-electron chi connectivity index (χ1n) is 6.02. The highest BCUT2D eigenvalue weighted by molar-refractivity contribution is 9.10. The van der Waals surface area contributed by atoms with E-state index in [4.69, 9.17) is 0 Å². The largest absolute Gasteiger partial charge is 0.385 e. The second-order valence-corrected chi connectivity index (χ2v) is 6.04. The molecule has 0 fully saturated rings. The molecule has 0 unspecified atom stereocenters. The van der Waals surface area contributed by atoms with Crippen molar-refractivity contribution in [2.75, 3.05) is 17.6 Å². The fourth-order valence-corrected chi connectivity index (χ4v) is 3.07. The Kier molecular flexibility index (Phi) is 5.62. The smallest absolute Gasteiger partial charge is 0.0340 e. The maximum atomic E-state index is 3.49. The van der Waals surface area contributed by atoms with Crippen molar-refractivity contribution in [2.45, 2.75) is 11.3 Å². The summed E-state index contributed by atoms with van der Waals surface area (Å²) in [5, 5.41) is 3.42. The molecule has 18 heavy (non-hydrogen) atoms. The number of hydrogen-bond acceptors (Lipinski definition) is 2.